The van der Waals surface area contributed by atoms with Crippen LogP contribution in [0.1, 0.15) is 11.3 Å². The van der Waals surface area contributed by atoms with Crippen molar-refractivity contribution in [2.75, 3.05) is 7.11 Å². The fourth-order valence-electron chi connectivity index (χ4n) is 1.53. The van der Waals surface area contributed by atoms with E-state index in [0.717, 1.165) is 18.0 Å². The number of benzene rings is 1. The molecule has 1 heterocycles. The molecule has 4 heteroatoms. The van der Waals surface area contributed by atoms with Crippen molar-refractivity contribution in [1.29, 1.82) is 0 Å². The van der Waals surface area contributed by atoms with E-state index in [0.29, 0.717) is 5.88 Å². The molecule has 0 N–H and O–H groups in total. The topological polar surface area (TPSA) is 27.1 Å². The maximum Gasteiger partial charge on any atom is 0.118 e. The number of hydrogen-bond donors (Lipinski definition) is 0. The molecule has 0 radical (unpaired) electrons. The van der Waals surface area contributed by atoms with E-state index in [9.17, 15) is 0 Å². The predicted octanol–water partition coefficient (Wildman–Crippen LogP) is 2.68. The van der Waals surface area contributed by atoms with Gasteiger partial charge in [0.1, 0.15) is 5.75 Å². The Hall–Kier alpha value is -1.48. The van der Waals surface area contributed by atoms with Crippen molar-refractivity contribution >= 4 is 11.6 Å². The smallest absolute Gasteiger partial charge is 0.118 e. The highest BCUT2D eigenvalue weighted by atomic mass is 35.5. The van der Waals surface area contributed by atoms with Crippen LogP contribution in [0.25, 0.3) is 0 Å². The van der Waals surface area contributed by atoms with Gasteiger partial charge in [-0.05, 0) is 17.7 Å². The summed E-state index contributed by atoms with van der Waals surface area (Å²) in [7, 11) is 1.66. The van der Waals surface area contributed by atoms with Gasteiger partial charge in [-0.15, -0.1) is 11.6 Å². The standard InChI is InChI=1S/C12H13ClN2O/c1-16-12-4-2-10(3-5-12)8-15-9-14-7-11(15)6-13/h2-5,7,9H,6,8H2,1H3. The molecular weight excluding hydrogens is 224 g/mol. The normalized spacial score (nSPS) is 10.4. The summed E-state index contributed by atoms with van der Waals surface area (Å²) in [5.41, 5.74) is 2.22. The number of ether oxygens (including phenoxy) is 1. The third-order valence-electron chi connectivity index (χ3n) is 2.45. The molecule has 16 heavy (non-hydrogen) atoms. The SMILES string of the molecule is COc1ccc(Cn2cncc2CCl)cc1. The zero-order valence-electron chi connectivity index (χ0n) is 9.06. The van der Waals surface area contributed by atoms with Crippen molar-refractivity contribution in [2.24, 2.45) is 0 Å². The Labute approximate surface area is 99.6 Å². The molecule has 84 valence electrons. The van der Waals surface area contributed by atoms with Crippen LogP contribution in [-0.2, 0) is 12.4 Å². The molecule has 3 nitrogen and oxygen atoms in total. The molecule has 0 aliphatic heterocycles. The Morgan fingerprint density at radius 1 is 1.31 bits per heavy atom. The van der Waals surface area contributed by atoms with Crippen molar-refractivity contribution in [3.05, 3.63) is 48.0 Å². The first-order valence-electron chi connectivity index (χ1n) is 5.01. The minimum atomic E-state index is 0.482. The molecule has 0 saturated carbocycles. The molecule has 0 atom stereocenters. The maximum absolute atomic E-state index is 5.81. The second kappa shape index (κ2) is 5.03. The molecule has 0 aliphatic rings. The van der Waals surface area contributed by atoms with Gasteiger partial charge in [-0.3, -0.25) is 0 Å². The van der Waals surface area contributed by atoms with Gasteiger partial charge >= 0.3 is 0 Å². The zero-order chi connectivity index (χ0) is 11.4. The van der Waals surface area contributed by atoms with Gasteiger partial charge in [0.25, 0.3) is 0 Å². The third kappa shape index (κ3) is 2.36. The lowest BCUT2D eigenvalue weighted by Crippen LogP contribution is -2.01. The number of rotatable bonds is 4. The zero-order valence-corrected chi connectivity index (χ0v) is 9.81. The summed E-state index contributed by atoms with van der Waals surface area (Å²) in [5.74, 6) is 1.35. The summed E-state index contributed by atoms with van der Waals surface area (Å²) < 4.78 is 7.15. The summed E-state index contributed by atoms with van der Waals surface area (Å²) in [6.07, 6.45) is 3.58. The maximum atomic E-state index is 5.81. The number of nitrogens with zero attached hydrogens (tertiary/aromatic N) is 2. The van der Waals surface area contributed by atoms with Crippen LogP contribution in [0.3, 0.4) is 0 Å². The number of methoxy groups -OCH3 is 1. The van der Waals surface area contributed by atoms with E-state index in [1.54, 1.807) is 19.6 Å². The summed E-state index contributed by atoms with van der Waals surface area (Å²) in [6.45, 7) is 0.784. The molecule has 0 amide bonds. The van der Waals surface area contributed by atoms with Crippen molar-refractivity contribution in [2.45, 2.75) is 12.4 Å². The quantitative estimate of drug-likeness (QED) is 0.764. The highest BCUT2D eigenvalue weighted by molar-refractivity contribution is 6.16. The van der Waals surface area contributed by atoms with Crippen LogP contribution in [0.5, 0.6) is 5.75 Å². The minimum Gasteiger partial charge on any atom is -0.497 e. The molecule has 0 bridgehead atoms. The van der Waals surface area contributed by atoms with Gasteiger partial charge in [0, 0.05) is 12.7 Å². The van der Waals surface area contributed by atoms with Crippen molar-refractivity contribution in [1.82, 2.24) is 9.55 Å². The first kappa shape index (κ1) is 11.0. The van der Waals surface area contributed by atoms with Crippen LogP contribution < -0.4 is 4.74 Å². The van der Waals surface area contributed by atoms with Crippen molar-refractivity contribution in [3.63, 3.8) is 0 Å². The molecular formula is C12H13ClN2O. The highest BCUT2D eigenvalue weighted by Gasteiger charge is 2.01. The van der Waals surface area contributed by atoms with E-state index in [2.05, 4.69) is 4.98 Å². The van der Waals surface area contributed by atoms with E-state index >= 15 is 0 Å². The first-order valence-corrected chi connectivity index (χ1v) is 5.55. The molecule has 0 saturated heterocycles. The Morgan fingerprint density at radius 3 is 2.69 bits per heavy atom. The molecule has 0 unspecified atom stereocenters. The summed E-state index contributed by atoms with van der Waals surface area (Å²) in [4.78, 5) is 4.08. The second-order valence-electron chi connectivity index (χ2n) is 3.49. The Kier molecular flexibility index (Phi) is 3.47. The van der Waals surface area contributed by atoms with Gasteiger partial charge in [-0.25, -0.2) is 4.98 Å². The first-order chi connectivity index (χ1) is 7.83. The number of alkyl halides is 1. The van der Waals surface area contributed by atoms with Gasteiger partial charge in [-0.2, -0.15) is 0 Å². The Morgan fingerprint density at radius 2 is 2.06 bits per heavy atom. The highest BCUT2D eigenvalue weighted by Crippen LogP contribution is 2.13. The number of hydrogen-bond acceptors (Lipinski definition) is 2. The van der Waals surface area contributed by atoms with Crippen molar-refractivity contribution < 1.29 is 4.74 Å². The van der Waals surface area contributed by atoms with E-state index in [1.807, 2.05) is 28.8 Å². The summed E-state index contributed by atoms with van der Waals surface area (Å²) in [6, 6.07) is 7.98. The van der Waals surface area contributed by atoms with Crippen LogP contribution >= 0.6 is 11.6 Å². The molecule has 1 aromatic heterocycles. The van der Waals surface area contributed by atoms with Crippen LogP contribution in [0.15, 0.2) is 36.8 Å². The lowest BCUT2D eigenvalue weighted by atomic mass is 10.2. The number of halogens is 1. The van der Waals surface area contributed by atoms with Gasteiger partial charge in [0.2, 0.25) is 0 Å². The molecule has 1 aromatic carbocycles. The Balaban J connectivity index is 2.14. The summed E-state index contributed by atoms with van der Waals surface area (Å²) in [5, 5.41) is 0. The van der Waals surface area contributed by atoms with Gasteiger partial charge < -0.3 is 9.30 Å². The largest absolute Gasteiger partial charge is 0.497 e. The van der Waals surface area contributed by atoms with E-state index in [4.69, 9.17) is 16.3 Å². The predicted molar refractivity (Wildman–Crippen MR) is 63.9 cm³/mol. The Bertz CT molecular complexity index is 450. The minimum absolute atomic E-state index is 0.482. The van der Waals surface area contributed by atoms with Gasteiger partial charge in [0.15, 0.2) is 0 Å². The lowest BCUT2D eigenvalue weighted by Gasteiger charge is -2.07. The monoisotopic (exact) mass is 236 g/mol. The lowest BCUT2D eigenvalue weighted by molar-refractivity contribution is 0.414. The van der Waals surface area contributed by atoms with Crippen LogP contribution in [0, 0.1) is 0 Å². The van der Waals surface area contributed by atoms with E-state index in [-0.39, 0.29) is 0 Å². The molecule has 2 rings (SSSR count). The molecule has 0 fully saturated rings. The molecule has 2 aromatic rings. The van der Waals surface area contributed by atoms with Gasteiger partial charge in [0.05, 0.1) is 25.0 Å². The third-order valence-corrected chi connectivity index (χ3v) is 2.72. The van der Waals surface area contributed by atoms with Crippen LogP contribution in [-0.4, -0.2) is 16.7 Å². The second-order valence-corrected chi connectivity index (χ2v) is 3.76. The van der Waals surface area contributed by atoms with E-state index < -0.39 is 0 Å². The number of aromatic nitrogens is 2. The van der Waals surface area contributed by atoms with Crippen LogP contribution in [0.4, 0.5) is 0 Å². The van der Waals surface area contributed by atoms with E-state index in [1.165, 1.54) is 5.56 Å². The average molecular weight is 237 g/mol. The average Bonchev–Trinajstić information content (AvgIpc) is 2.77. The molecule has 0 spiro atoms. The van der Waals surface area contributed by atoms with Crippen LogP contribution in [0.2, 0.25) is 0 Å². The fraction of sp³-hybridized carbons (Fsp3) is 0.250. The molecule has 0 aliphatic carbocycles. The number of imidazole rings is 1. The fourth-order valence-corrected chi connectivity index (χ4v) is 1.75. The summed E-state index contributed by atoms with van der Waals surface area (Å²) >= 11 is 5.81. The van der Waals surface area contributed by atoms with Crippen molar-refractivity contribution in [3.8, 4) is 5.75 Å². The van der Waals surface area contributed by atoms with Gasteiger partial charge in [-0.1, -0.05) is 12.1 Å².